The van der Waals surface area contributed by atoms with Crippen LogP contribution in [0.1, 0.15) is 33.1 Å². The van der Waals surface area contributed by atoms with Gasteiger partial charge in [-0.15, -0.1) is 0 Å². The number of aliphatic carboxylic acids is 1. The molecule has 1 fully saturated rings. The quantitative estimate of drug-likeness (QED) is 0.925. The molecule has 2 atom stereocenters. The maximum Gasteiger partial charge on any atom is 0.416 e. The van der Waals surface area contributed by atoms with Crippen LogP contribution in [0.2, 0.25) is 0 Å². The number of carbonyl (C=O) groups excluding carboxylic acids is 1. The highest BCUT2D eigenvalue weighted by molar-refractivity contribution is 5.86. The third kappa shape index (κ3) is 2.60. The Bertz CT molecular complexity index is 516. The summed E-state index contributed by atoms with van der Waals surface area (Å²) in [7, 11) is 0. The lowest BCUT2D eigenvalue weighted by Crippen LogP contribution is -2.56. The molecule has 2 unspecified atom stereocenters. The van der Waals surface area contributed by atoms with Crippen molar-refractivity contribution in [2.45, 2.75) is 38.6 Å². The van der Waals surface area contributed by atoms with Gasteiger partial charge in [0.05, 0.1) is 0 Å². The third-order valence-corrected chi connectivity index (χ3v) is 4.43. The van der Waals surface area contributed by atoms with Gasteiger partial charge in [0, 0.05) is 6.54 Å². The average molecular weight is 291 g/mol. The van der Waals surface area contributed by atoms with E-state index in [1.165, 1.54) is 4.90 Å². The molecule has 1 aromatic rings. The number of carbonyl (C=O) groups is 2. The van der Waals surface area contributed by atoms with Crippen molar-refractivity contribution in [3.05, 3.63) is 30.3 Å². The predicted octanol–water partition coefficient (Wildman–Crippen LogP) is 3.15. The fourth-order valence-electron chi connectivity index (χ4n) is 3.30. The molecule has 0 radical (unpaired) electrons. The predicted molar refractivity (Wildman–Crippen MR) is 78.2 cm³/mol. The molecule has 0 aliphatic carbocycles. The van der Waals surface area contributed by atoms with Crippen molar-refractivity contribution >= 4 is 12.1 Å². The van der Waals surface area contributed by atoms with E-state index in [0.29, 0.717) is 25.1 Å². The molecule has 1 heterocycles. The molecule has 0 bridgehead atoms. The topological polar surface area (TPSA) is 66.8 Å². The molecule has 5 nitrogen and oxygen atoms in total. The van der Waals surface area contributed by atoms with Gasteiger partial charge in [-0.2, -0.15) is 0 Å². The summed E-state index contributed by atoms with van der Waals surface area (Å²) in [5.41, 5.74) is -1.15. The second-order valence-electron chi connectivity index (χ2n) is 5.31. The normalized spacial score (nSPS) is 24.9. The van der Waals surface area contributed by atoms with Crippen molar-refractivity contribution in [1.82, 2.24) is 4.90 Å². The molecule has 1 saturated heterocycles. The Morgan fingerprint density at radius 1 is 1.33 bits per heavy atom. The highest BCUT2D eigenvalue weighted by Gasteiger charge is 2.55. The van der Waals surface area contributed by atoms with Crippen LogP contribution in [0.25, 0.3) is 0 Å². The number of likely N-dealkylation sites (tertiary alicyclic amines) is 1. The number of carboxylic acid groups (broad SMARTS) is 1. The van der Waals surface area contributed by atoms with Gasteiger partial charge in [0.2, 0.25) is 0 Å². The highest BCUT2D eigenvalue weighted by Crippen LogP contribution is 2.40. The molecule has 0 spiro atoms. The van der Waals surface area contributed by atoms with Crippen molar-refractivity contribution in [3.8, 4) is 5.75 Å². The van der Waals surface area contributed by atoms with E-state index in [2.05, 4.69) is 0 Å². The van der Waals surface area contributed by atoms with Crippen molar-refractivity contribution in [2.75, 3.05) is 6.54 Å². The SMILES string of the molecule is CCC1CCN(C(=O)Oc2ccccc2)C1(CC)C(=O)O. The van der Waals surface area contributed by atoms with Crippen LogP contribution in [-0.2, 0) is 4.79 Å². The summed E-state index contributed by atoms with van der Waals surface area (Å²) < 4.78 is 5.32. The standard InChI is InChI=1S/C16H21NO4/c1-3-12-10-11-17(16(12,4-2)14(18)19)15(20)21-13-8-6-5-7-9-13/h5-9,12H,3-4,10-11H2,1-2H3,(H,18,19). The number of para-hydroxylation sites is 1. The molecule has 2 rings (SSSR count). The van der Waals surface area contributed by atoms with Crippen LogP contribution in [0, 0.1) is 5.92 Å². The first kappa shape index (κ1) is 15.4. The Hall–Kier alpha value is -2.04. The van der Waals surface area contributed by atoms with Crippen LogP contribution in [0.3, 0.4) is 0 Å². The molecule has 1 aliphatic heterocycles. The monoisotopic (exact) mass is 291 g/mol. The second kappa shape index (κ2) is 6.16. The first-order valence-electron chi connectivity index (χ1n) is 7.34. The summed E-state index contributed by atoms with van der Waals surface area (Å²) in [6, 6.07) is 8.73. The lowest BCUT2D eigenvalue weighted by molar-refractivity contribution is -0.151. The van der Waals surface area contributed by atoms with Gasteiger partial charge in [-0.25, -0.2) is 9.59 Å². The molecule has 0 aromatic heterocycles. The Kier molecular flexibility index (Phi) is 4.50. The molecule has 21 heavy (non-hydrogen) atoms. The van der Waals surface area contributed by atoms with Crippen LogP contribution in [-0.4, -0.2) is 34.2 Å². The summed E-state index contributed by atoms with van der Waals surface area (Å²) in [6.45, 7) is 4.19. The van der Waals surface area contributed by atoms with E-state index in [9.17, 15) is 14.7 Å². The first-order valence-corrected chi connectivity index (χ1v) is 7.34. The summed E-state index contributed by atoms with van der Waals surface area (Å²) in [4.78, 5) is 25.6. The maximum absolute atomic E-state index is 12.4. The third-order valence-electron chi connectivity index (χ3n) is 4.43. The molecule has 0 saturated carbocycles. The minimum atomic E-state index is -1.15. The lowest BCUT2D eigenvalue weighted by atomic mass is 9.81. The molecule has 1 amide bonds. The second-order valence-corrected chi connectivity index (χ2v) is 5.31. The number of ether oxygens (including phenoxy) is 1. The summed E-state index contributed by atoms with van der Waals surface area (Å²) >= 11 is 0. The van der Waals surface area contributed by atoms with Gasteiger partial charge in [-0.3, -0.25) is 4.90 Å². The Labute approximate surface area is 124 Å². The fourth-order valence-corrected chi connectivity index (χ4v) is 3.30. The molecule has 114 valence electrons. The Morgan fingerprint density at radius 2 is 2.00 bits per heavy atom. The molecule has 1 aliphatic rings. The number of rotatable bonds is 4. The Morgan fingerprint density at radius 3 is 2.52 bits per heavy atom. The van der Waals surface area contributed by atoms with Crippen LogP contribution < -0.4 is 4.74 Å². The molecular weight excluding hydrogens is 270 g/mol. The highest BCUT2D eigenvalue weighted by atomic mass is 16.6. The van der Waals surface area contributed by atoms with Gasteiger partial charge in [-0.1, -0.05) is 38.5 Å². The largest absolute Gasteiger partial charge is 0.479 e. The van der Waals surface area contributed by atoms with Crippen molar-refractivity contribution in [3.63, 3.8) is 0 Å². The number of nitrogens with zero attached hydrogens (tertiary/aromatic N) is 1. The Balaban J connectivity index is 2.25. The van der Waals surface area contributed by atoms with Crippen molar-refractivity contribution in [1.29, 1.82) is 0 Å². The van der Waals surface area contributed by atoms with E-state index in [-0.39, 0.29) is 5.92 Å². The molecular formula is C16H21NO4. The van der Waals surface area contributed by atoms with Gasteiger partial charge < -0.3 is 9.84 Å². The number of hydrogen-bond donors (Lipinski definition) is 1. The van der Waals surface area contributed by atoms with Gasteiger partial charge in [0.1, 0.15) is 11.3 Å². The van der Waals surface area contributed by atoms with Crippen LogP contribution >= 0.6 is 0 Å². The maximum atomic E-state index is 12.4. The van der Waals surface area contributed by atoms with Crippen LogP contribution in [0.4, 0.5) is 4.79 Å². The van der Waals surface area contributed by atoms with Gasteiger partial charge in [-0.05, 0) is 30.9 Å². The number of hydrogen-bond acceptors (Lipinski definition) is 3. The first-order chi connectivity index (χ1) is 10.1. The fraction of sp³-hybridized carbons (Fsp3) is 0.500. The zero-order valence-corrected chi connectivity index (χ0v) is 12.4. The number of benzene rings is 1. The van der Waals surface area contributed by atoms with E-state index in [4.69, 9.17) is 4.74 Å². The van der Waals surface area contributed by atoms with Gasteiger partial charge >= 0.3 is 12.1 Å². The van der Waals surface area contributed by atoms with Crippen LogP contribution in [0.5, 0.6) is 5.75 Å². The van der Waals surface area contributed by atoms with Crippen molar-refractivity contribution in [2.24, 2.45) is 5.92 Å². The number of carboxylic acids is 1. The van der Waals surface area contributed by atoms with E-state index in [1.54, 1.807) is 24.3 Å². The summed E-state index contributed by atoms with van der Waals surface area (Å²) in [6.07, 6.45) is 1.22. The van der Waals surface area contributed by atoms with Crippen molar-refractivity contribution < 1.29 is 19.4 Å². The molecule has 1 aromatic carbocycles. The number of amides is 1. The van der Waals surface area contributed by atoms with E-state index >= 15 is 0 Å². The van der Waals surface area contributed by atoms with E-state index in [0.717, 1.165) is 6.42 Å². The zero-order valence-electron chi connectivity index (χ0n) is 12.4. The lowest BCUT2D eigenvalue weighted by Gasteiger charge is -2.36. The minimum Gasteiger partial charge on any atom is -0.479 e. The van der Waals surface area contributed by atoms with Gasteiger partial charge in [0.25, 0.3) is 0 Å². The average Bonchev–Trinajstić information content (AvgIpc) is 2.87. The zero-order chi connectivity index (χ0) is 15.5. The molecule has 5 heteroatoms. The van der Waals surface area contributed by atoms with Crippen LogP contribution in [0.15, 0.2) is 30.3 Å². The van der Waals surface area contributed by atoms with E-state index < -0.39 is 17.6 Å². The minimum absolute atomic E-state index is 0.0386. The smallest absolute Gasteiger partial charge is 0.416 e. The summed E-state index contributed by atoms with van der Waals surface area (Å²) in [5.74, 6) is -0.555. The summed E-state index contributed by atoms with van der Waals surface area (Å²) in [5, 5.41) is 9.70. The van der Waals surface area contributed by atoms with E-state index in [1.807, 2.05) is 19.9 Å². The van der Waals surface area contributed by atoms with Gasteiger partial charge in [0.15, 0.2) is 0 Å². The molecule has 1 N–H and O–H groups in total.